The molecule has 1 saturated heterocycles. The van der Waals surface area contributed by atoms with Crippen LogP contribution in [-0.2, 0) is 4.79 Å². The van der Waals surface area contributed by atoms with Crippen LogP contribution in [0.15, 0.2) is 42.5 Å². The zero-order valence-electron chi connectivity index (χ0n) is 12.2. The number of carbonyl (C=O) groups is 2. The fraction of sp³-hybridized carbons (Fsp3) is 0.176. The number of rotatable bonds is 3. The summed E-state index contributed by atoms with van der Waals surface area (Å²) in [5, 5.41) is 3.78. The molecule has 2 amide bonds. The Hall–Kier alpha value is -2.04. The highest BCUT2D eigenvalue weighted by Gasteiger charge is 2.24. The summed E-state index contributed by atoms with van der Waals surface area (Å²) in [6.45, 7) is 0.623. The number of hydrogen-bond acceptors (Lipinski definition) is 2. The predicted octanol–water partition coefficient (Wildman–Crippen LogP) is 4.37. The van der Waals surface area contributed by atoms with E-state index in [1.807, 2.05) is 0 Å². The Kier molecular flexibility index (Phi) is 4.55. The SMILES string of the molecule is O=C(Nc1cccc(Cl)c1)c1ccc(Cl)c(N2CCCC2=O)c1. The molecular weight excluding hydrogens is 335 g/mol. The summed E-state index contributed by atoms with van der Waals surface area (Å²) in [4.78, 5) is 25.9. The Morgan fingerprint density at radius 2 is 1.96 bits per heavy atom. The van der Waals surface area contributed by atoms with Gasteiger partial charge in [0.1, 0.15) is 0 Å². The van der Waals surface area contributed by atoms with Crippen molar-refractivity contribution in [3.63, 3.8) is 0 Å². The van der Waals surface area contributed by atoms with Crippen LogP contribution in [0.2, 0.25) is 10.0 Å². The lowest BCUT2D eigenvalue weighted by Gasteiger charge is -2.18. The van der Waals surface area contributed by atoms with E-state index in [-0.39, 0.29) is 11.8 Å². The molecule has 2 aromatic rings. The summed E-state index contributed by atoms with van der Waals surface area (Å²) in [5.74, 6) is -0.254. The van der Waals surface area contributed by atoms with Gasteiger partial charge in [-0.2, -0.15) is 0 Å². The standard InChI is InChI=1S/C17H14Cl2N2O2/c18-12-3-1-4-13(10-12)20-17(23)11-6-7-14(19)15(9-11)21-8-2-5-16(21)22/h1,3-4,6-7,9-10H,2,5,8H2,(H,20,23). The number of halogens is 2. The van der Waals surface area contributed by atoms with Crippen molar-refractivity contribution in [2.45, 2.75) is 12.8 Å². The van der Waals surface area contributed by atoms with Crippen LogP contribution in [0.4, 0.5) is 11.4 Å². The molecule has 0 spiro atoms. The van der Waals surface area contributed by atoms with Crippen LogP contribution in [0, 0.1) is 0 Å². The van der Waals surface area contributed by atoms with Crippen LogP contribution < -0.4 is 10.2 Å². The van der Waals surface area contributed by atoms with E-state index < -0.39 is 0 Å². The van der Waals surface area contributed by atoms with E-state index in [4.69, 9.17) is 23.2 Å². The normalized spacial score (nSPS) is 14.2. The van der Waals surface area contributed by atoms with Crippen molar-refractivity contribution in [1.82, 2.24) is 0 Å². The molecule has 1 N–H and O–H groups in total. The van der Waals surface area contributed by atoms with Crippen LogP contribution in [0.1, 0.15) is 23.2 Å². The largest absolute Gasteiger partial charge is 0.322 e. The second-order valence-electron chi connectivity index (χ2n) is 5.28. The Balaban J connectivity index is 1.85. The average Bonchev–Trinajstić information content (AvgIpc) is 2.93. The topological polar surface area (TPSA) is 49.4 Å². The van der Waals surface area contributed by atoms with Crippen molar-refractivity contribution in [3.05, 3.63) is 58.1 Å². The maximum atomic E-state index is 12.4. The number of anilines is 2. The maximum absolute atomic E-state index is 12.4. The Morgan fingerprint density at radius 1 is 1.13 bits per heavy atom. The number of amides is 2. The van der Waals surface area contributed by atoms with Gasteiger partial charge >= 0.3 is 0 Å². The van der Waals surface area contributed by atoms with Crippen molar-refractivity contribution >= 4 is 46.4 Å². The molecular formula is C17H14Cl2N2O2. The summed E-state index contributed by atoms with van der Waals surface area (Å²) in [6.07, 6.45) is 1.31. The smallest absolute Gasteiger partial charge is 0.255 e. The molecule has 4 nitrogen and oxygen atoms in total. The first-order valence-corrected chi connectivity index (χ1v) is 7.97. The van der Waals surface area contributed by atoms with Gasteiger partial charge in [0.05, 0.1) is 10.7 Å². The third kappa shape index (κ3) is 3.49. The van der Waals surface area contributed by atoms with Gasteiger partial charge in [-0.25, -0.2) is 0 Å². The van der Waals surface area contributed by atoms with Gasteiger partial charge in [-0.3, -0.25) is 9.59 Å². The molecule has 1 aliphatic heterocycles. The van der Waals surface area contributed by atoms with E-state index >= 15 is 0 Å². The number of benzene rings is 2. The van der Waals surface area contributed by atoms with Gasteiger partial charge in [-0.05, 0) is 42.8 Å². The van der Waals surface area contributed by atoms with Crippen LogP contribution >= 0.6 is 23.2 Å². The quantitative estimate of drug-likeness (QED) is 0.894. The third-order valence-corrected chi connectivity index (χ3v) is 4.21. The lowest BCUT2D eigenvalue weighted by atomic mass is 10.1. The molecule has 23 heavy (non-hydrogen) atoms. The van der Waals surface area contributed by atoms with Gasteiger partial charge < -0.3 is 10.2 Å². The Bertz CT molecular complexity index is 777. The monoisotopic (exact) mass is 348 g/mol. The predicted molar refractivity (Wildman–Crippen MR) is 92.4 cm³/mol. The van der Waals surface area contributed by atoms with E-state index in [2.05, 4.69) is 5.32 Å². The summed E-state index contributed by atoms with van der Waals surface area (Å²) in [5.41, 5.74) is 1.62. The second-order valence-corrected chi connectivity index (χ2v) is 6.12. The fourth-order valence-electron chi connectivity index (χ4n) is 2.53. The number of nitrogens with one attached hydrogen (secondary N) is 1. The highest BCUT2D eigenvalue weighted by atomic mass is 35.5. The number of hydrogen-bond donors (Lipinski definition) is 1. The zero-order valence-corrected chi connectivity index (χ0v) is 13.7. The Morgan fingerprint density at radius 3 is 2.65 bits per heavy atom. The van der Waals surface area contributed by atoms with Crippen molar-refractivity contribution in [2.24, 2.45) is 0 Å². The summed E-state index contributed by atoms with van der Waals surface area (Å²) < 4.78 is 0. The second kappa shape index (κ2) is 6.60. The zero-order chi connectivity index (χ0) is 16.4. The molecule has 0 radical (unpaired) electrons. The van der Waals surface area contributed by atoms with Crippen LogP contribution in [0.3, 0.4) is 0 Å². The summed E-state index contributed by atoms with van der Waals surface area (Å²) in [7, 11) is 0. The molecule has 0 aromatic heterocycles. The van der Waals surface area contributed by atoms with Gasteiger partial charge in [-0.1, -0.05) is 29.3 Å². The van der Waals surface area contributed by atoms with E-state index in [9.17, 15) is 9.59 Å². The van der Waals surface area contributed by atoms with E-state index in [1.165, 1.54) is 0 Å². The van der Waals surface area contributed by atoms with Gasteiger partial charge in [0.2, 0.25) is 5.91 Å². The van der Waals surface area contributed by atoms with Crippen molar-refractivity contribution < 1.29 is 9.59 Å². The van der Waals surface area contributed by atoms with Gasteiger partial charge in [0.15, 0.2) is 0 Å². The molecule has 0 atom stereocenters. The molecule has 6 heteroatoms. The molecule has 1 fully saturated rings. The highest BCUT2D eigenvalue weighted by Crippen LogP contribution is 2.30. The first-order chi connectivity index (χ1) is 11.0. The molecule has 0 bridgehead atoms. The summed E-state index contributed by atoms with van der Waals surface area (Å²) >= 11 is 12.1. The number of carbonyl (C=O) groups excluding carboxylic acids is 2. The first-order valence-electron chi connectivity index (χ1n) is 7.21. The van der Waals surface area contributed by atoms with Gasteiger partial charge in [0, 0.05) is 29.2 Å². The lowest BCUT2D eigenvalue weighted by molar-refractivity contribution is -0.117. The molecule has 3 rings (SSSR count). The minimum absolute atomic E-state index is 0.0271. The molecule has 1 aliphatic rings. The molecule has 0 saturated carbocycles. The molecule has 0 unspecified atom stereocenters. The van der Waals surface area contributed by atoms with E-state index in [1.54, 1.807) is 47.4 Å². The minimum atomic E-state index is -0.281. The molecule has 2 aromatic carbocycles. The van der Waals surface area contributed by atoms with E-state index in [0.29, 0.717) is 39.9 Å². The van der Waals surface area contributed by atoms with Crippen molar-refractivity contribution in [2.75, 3.05) is 16.8 Å². The van der Waals surface area contributed by atoms with Crippen molar-refractivity contribution in [1.29, 1.82) is 0 Å². The van der Waals surface area contributed by atoms with E-state index in [0.717, 1.165) is 6.42 Å². The summed E-state index contributed by atoms with van der Waals surface area (Å²) in [6, 6.07) is 11.8. The fourth-order valence-corrected chi connectivity index (χ4v) is 2.94. The molecule has 1 heterocycles. The number of nitrogens with zero attached hydrogens (tertiary/aromatic N) is 1. The van der Waals surface area contributed by atoms with Crippen LogP contribution in [-0.4, -0.2) is 18.4 Å². The molecule has 118 valence electrons. The average molecular weight is 349 g/mol. The van der Waals surface area contributed by atoms with Crippen LogP contribution in [0.5, 0.6) is 0 Å². The third-order valence-electron chi connectivity index (χ3n) is 3.66. The van der Waals surface area contributed by atoms with Crippen molar-refractivity contribution in [3.8, 4) is 0 Å². The highest BCUT2D eigenvalue weighted by molar-refractivity contribution is 6.34. The lowest BCUT2D eigenvalue weighted by Crippen LogP contribution is -2.24. The van der Waals surface area contributed by atoms with Gasteiger partial charge in [0.25, 0.3) is 5.91 Å². The Labute approximate surface area is 144 Å². The first kappa shape index (κ1) is 15.8. The van der Waals surface area contributed by atoms with Crippen LogP contribution in [0.25, 0.3) is 0 Å². The molecule has 0 aliphatic carbocycles. The van der Waals surface area contributed by atoms with Gasteiger partial charge in [-0.15, -0.1) is 0 Å². The maximum Gasteiger partial charge on any atom is 0.255 e. The minimum Gasteiger partial charge on any atom is -0.322 e.